The summed E-state index contributed by atoms with van der Waals surface area (Å²) < 4.78 is 11.0. The Morgan fingerprint density at radius 2 is 2.04 bits per heavy atom. The number of allylic oxidation sites excluding steroid dienone is 1. The number of amides is 1. The van der Waals surface area contributed by atoms with Crippen molar-refractivity contribution in [3.63, 3.8) is 0 Å². The largest absolute Gasteiger partial charge is 0.481 e. The quantitative estimate of drug-likeness (QED) is 0.864. The second-order valence-corrected chi connectivity index (χ2v) is 6.76. The summed E-state index contributed by atoms with van der Waals surface area (Å²) in [5, 5.41) is 14.9. The van der Waals surface area contributed by atoms with Gasteiger partial charge in [0.15, 0.2) is 0 Å². The molecule has 7 nitrogen and oxygen atoms in total. The van der Waals surface area contributed by atoms with Crippen LogP contribution in [0.5, 0.6) is 0 Å². The first kappa shape index (κ1) is 17.3. The van der Waals surface area contributed by atoms with E-state index >= 15 is 0 Å². The van der Waals surface area contributed by atoms with E-state index in [4.69, 9.17) is 13.9 Å². The fourth-order valence-corrected chi connectivity index (χ4v) is 3.82. The molecular weight excluding hydrogens is 348 g/mol. The minimum atomic E-state index is -0.999. The first-order valence-corrected chi connectivity index (χ1v) is 9.03. The third-order valence-corrected chi connectivity index (χ3v) is 5.00. The van der Waals surface area contributed by atoms with Crippen LogP contribution < -0.4 is 0 Å². The molecule has 1 aliphatic heterocycles. The molecule has 1 aliphatic carbocycles. The van der Waals surface area contributed by atoms with E-state index in [1.54, 1.807) is 18.6 Å². The summed E-state index contributed by atoms with van der Waals surface area (Å²) in [7, 11) is 0. The highest BCUT2D eigenvalue weighted by Crippen LogP contribution is 2.44. The van der Waals surface area contributed by atoms with Gasteiger partial charge in [0.05, 0.1) is 24.7 Å². The van der Waals surface area contributed by atoms with Gasteiger partial charge in [-0.1, -0.05) is 0 Å². The summed E-state index contributed by atoms with van der Waals surface area (Å²) in [5.74, 6) is 0.138. The average molecular weight is 368 g/mol. The molecule has 0 spiro atoms. The topological polar surface area (TPSA) is 96.2 Å². The van der Waals surface area contributed by atoms with Crippen molar-refractivity contribution in [1.82, 2.24) is 5.01 Å². The van der Waals surface area contributed by atoms with Crippen molar-refractivity contribution in [3.05, 3.63) is 53.9 Å². The summed E-state index contributed by atoms with van der Waals surface area (Å²) in [6.45, 7) is 0. The SMILES string of the molecule is O=C(O)CCC(=O)N1N=C2C(=Cc3ccco3)CCCC2C1c1ccco1. The Hall–Kier alpha value is -3.09. The van der Waals surface area contributed by atoms with Crippen molar-refractivity contribution >= 4 is 23.7 Å². The molecule has 1 N–H and O–H groups in total. The van der Waals surface area contributed by atoms with E-state index in [0.717, 1.165) is 36.3 Å². The molecule has 7 heteroatoms. The van der Waals surface area contributed by atoms with Crippen LogP contribution >= 0.6 is 0 Å². The molecule has 1 amide bonds. The van der Waals surface area contributed by atoms with Gasteiger partial charge in [0.2, 0.25) is 5.91 Å². The number of hydrogen-bond acceptors (Lipinski definition) is 5. The van der Waals surface area contributed by atoms with Crippen molar-refractivity contribution in [2.24, 2.45) is 11.0 Å². The maximum atomic E-state index is 12.7. The molecular formula is C20H20N2O5. The minimum Gasteiger partial charge on any atom is -0.481 e. The number of carboxylic acids is 1. The van der Waals surface area contributed by atoms with Gasteiger partial charge in [0.1, 0.15) is 17.6 Å². The molecule has 1 saturated carbocycles. The van der Waals surface area contributed by atoms with Crippen molar-refractivity contribution in [1.29, 1.82) is 0 Å². The summed E-state index contributed by atoms with van der Waals surface area (Å²) in [6.07, 6.45) is 7.59. The summed E-state index contributed by atoms with van der Waals surface area (Å²) in [6, 6.07) is 7.00. The Morgan fingerprint density at radius 1 is 1.22 bits per heavy atom. The van der Waals surface area contributed by atoms with Crippen LogP contribution in [0.1, 0.15) is 49.7 Å². The summed E-state index contributed by atoms with van der Waals surface area (Å²) >= 11 is 0. The number of aliphatic carboxylic acids is 1. The molecule has 27 heavy (non-hydrogen) atoms. The Morgan fingerprint density at radius 3 is 2.74 bits per heavy atom. The van der Waals surface area contributed by atoms with Crippen molar-refractivity contribution in [2.45, 2.75) is 38.1 Å². The van der Waals surface area contributed by atoms with E-state index in [0.29, 0.717) is 5.76 Å². The molecule has 4 rings (SSSR count). The van der Waals surface area contributed by atoms with Gasteiger partial charge in [-0.3, -0.25) is 9.59 Å². The zero-order chi connectivity index (χ0) is 18.8. The van der Waals surface area contributed by atoms with E-state index in [2.05, 4.69) is 5.10 Å². The van der Waals surface area contributed by atoms with Gasteiger partial charge in [-0.2, -0.15) is 5.10 Å². The summed E-state index contributed by atoms with van der Waals surface area (Å²) in [5.41, 5.74) is 1.91. The Labute approximate surface area is 155 Å². The van der Waals surface area contributed by atoms with Gasteiger partial charge in [-0.25, -0.2) is 5.01 Å². The molecule has 0 saturated heterocycles. The molecule has 2 aromatic heterocycles. The third kappa shape index (κ3) is 3.45. The van der Waals surface area contributed by atoms with E-state index < -0.39 is 5.97 Å². The Kier molecular flexibility index (Phi) is 4.66. The molecule has 2 aliphatic rings. The predicted octanol–water partition coefficient (Wildman–Crippen LogP) is 3.86. The molecule has 2 atom stereocenters. The predicted molar refractivity (Wildman–Crippen MR) is 96.6 cm³/mol. The second-order valence-electron chi connectivity index (χ2n) is 6.76. The number of carboxylic acid groups (broad SMARTS) is 1. The second kappa shape index (κ2) is 7.26. The smallest absolute Gasteiger partial charge is 0.303 e. The fourth-order valence-electron chi connectivity index (χ4n) is 3.82. The number of hydrazone groups is 1. The molecule has 0 aromatic carbocycles. The van der Waals surface area contributed by atoms with Crippen LogP contribution in [0.25, 0.3) is 6.08 Å². The van der Waals surface area contributed by atoms with Gasteiger partial charge in [0, 0.05) is 12.3 Å². The average Bonchev–Trinajstić information content (AvgIpc) is 3.39. The Bertz CT molecular complexity index is 880. The maximum Gasteiger partial charge on any atom is 0.303 e. The first-order valence-electron chi connectivity index (χ1n) is 9.03. The molecule has 3 heterocycles. The van der Waals surface area contributed by atoms with E-state index in [1.807, 2.05) is 24.3 Å². The van der Waals surface area contributed by atoms with Crippen molar-refractivity contribution in [3.8, 4) is 0 Å². The van der Waals surface area contributed by atoms with Crippen LogP contribution in [-0.2, 0) is 9.59 Å². The lowest BCUT2D eigenvalue weighted by molar-refractivity contribution is -0.141. The van der Waals surface area contributed by atoms with Gasteiger partial charge in [-0.15, -0.1) is 0 Å². The number of hydrogen-bond donors (Lipinski definition) is 1. The molecule has 2 aromatic rings. The third-order valence-electron chi connectivity index (χ3n) is 5.00. The highest BCUT2D eigenvalue weighted by atomic mass is 16.4. The molecule has 0 bridgehead atoms. The molecule has 140 valence electrons. The zero-order valence-electron chi connectivity index (χ0n) is 14.7. The van der Waals surface area contributed by atoms with Crippen molar-refractivity contribution < 1.29 is 23.5 Å². The lowest BCUT2D eigenvalue weighted by Crippen LogP contribution is -2.31. The number of carbonyl (C=O) groups excluding carboxylic acids is 1. The number of carbonyl (C=O) groups is 2. The van der Waals surface area contributed by atoms with E-state index in [9.17, 15) is 9.59 Å². The van der Waals surface area contributed by atoms with E-state index in [1.165, 1.54) is 5.01 Å². The molecule has 1 fully saturated rings. The van der Waals surface area contributed by atoms with Gasteiger partial charge in [0.25, 0.3) is 0 Å². The minimum absolute atomic E-state index is 0.0277. The number of furan rings is 2. The van der Waals surface area contributed by atoms with Gasteiger partial charge >= 0.3 is 5.97 Å². The van der Waals surface area contributed by atoms with Crippen LogP contribution in [0.3, 0.4) is 0 Å². The van der Waals surface area contributed by atoms with Crippen LogP contribution in [0.4, 0.5) is 0 Å². The number of rotatable bonds is 5. The fraction of sp³-hybridized carbons (Fsp3) is 0.350. The summed E-state index contributed by atoms with van der Waals surface area (Å²) in [4.78, 5) is 23.6. The van der Waals surface area contributed by atoms with Crippen LogP contribution in [0.2, 0.25) is 0 Å². The van der Waals surface area contributed by atoms with Crippen LogP contribution in [0.15, 0.2) is 56.3 Å². The molecule has 2 unspecified atom stereocenters. The molecule has 0 radical (unpaired) electrons. The number of fused-ring (bicyclic) bond motifs is 1. The first-order chi connectivity index (χ1) is 13.1. The van der Waals surface area contributed by atoms with E-state index in [-0.39, 0.29) is 30.7 Å². The number of nitrogens with zero attached hydrogens (tertiary/aromatic N) is 2. The van der Waals surface area contributed by atoms with Crippen molar-refractivity contribution in [2.75, 3.05) is 0 Å². The normalized spacial score (nSPS) is 23.3. The zero-order valence-corrected chi connectivity index (χ0v) is 14.7. The lowest BCUT2D eigenvalue weighted by Gasteiger charge is -2.27. The highest BCUT2D eigenvalue weighted by Gasteiger charge is 2.45. The van der Waals surface area contributed by atoms with Crippen LogP contribution in [-0.4, -0.2) is 27.7 Å². The maximum absolute atomic E-state index is 12.7. The van der Waals surface area contributed by atoms with Crippen LogP contribution in [0, 0.1) is 5.92 Å². The van der Waals surface area contributed by atoms with Gasteiger partial charge < -0.3 is 13.9 Å². The lowest BCUT2D eigenvalue weighted by atomic mass is 9.79. The Balaban J connectivity index is 1.68. The standard InChI is InChI=1S/C20H20N2O5/c23-17(8-9-18(24)25)22-20(16-7-3-11-27-16)15-6-1-4-13(19(15)21-22)12-14-5-2-10-26-14/h2-3,5,7,10-12,15,20H,1,4,6,8-9H2,(H,24,25). The highest BCUT2D eigenvalue weighted by molar-refractivity contribution is 6.08. The monoisotopic (exact) mass is 368 g/mol. The van der Waals surface area contributed by atoms with Gasteiger partial charge in [-0.05, 0) is 55.2 Å².